The van der Waals surface area contributed by atoms with Crippen molar-refractivity contribution in [3.05, 3.63) is 89.6 Å². The minimum Gasteiger partial charge on any atom is -0.455 e. The second-order valence-corrected chi connectivity index (χ2v) is 8.91. The van der Waals surface area contributed by atoms with Crippen molar-refractivity contribution in [2.45, 2.75) is 39.9 Å². The van der Waals surface area contributed by atoms with Crippen LogP contribution in [0.2, 0.25) is 0 Å². The molecule has 2 heteroatoms. The average Bonchev–Trinajstić information content (AvgIpc) is 3.20. The fourth-order valence-corrected chi connectivity index (χ4v) is 4.02. The lowest BCUT2D eigenvalue weighted by Crippen LogP contribution is -2.11. The van der Waals surface area contributed by atoms with E-state index in [1.54, 1.807) is 18.2 Å². The maximum atomic E-state index is 8.24. The first-order valence-electron chi connectivity index (χ1n) is 13.3. The Morgan fingerprint density at radius 3 is 2.39 bits per heavy atom. The van der Waals surface area contributed by atoms with Crippen LogP contribution in [0, 0.1) is 13.7 Å². The summed E-state index contributed by atoms with van der Waals surface area (Å²) in [5.74, 6) is 0. The summed E-state index contributed by atoms with van der Waals surface area (Å²) in [6, 6.07) is 20.4. The van der Waals surface area contributed by atoms with Gasteiger partial charge in [-0.25, -0.2) is 0 Å². The molecule has 2 nitrogen and oxygen atoms in total. The molecular formula is C29H27NO. The van der Waals surface area contributed by atoms with Crippen LogP contribution in [0.3, 0.4) is 0 Å². The Balaban J connectivity index is 1.80. The Morgan fingerprint density at radius 1 is 0.774 bits per heavy atom. The van der Waals surface area contributed by atoms with E-state index < -0.39 is 13.7 Å². The van der Waals surface area contributed by atoms with Gasteiger partial charge in [-0.3, -0.25) is 4.98 Å². The molecule has 2 aromatic heterocycles. The third-order valence-electron chi connectivity index (χ3n) is 5.76. The van der Waals surface area contributed by atoms with E-state index in [2.05, 4.69) is 4.98 Å². The van der Waals surface area contributed by atoms with E-state index in [1.807, 2.05) is 69.3 Å². The van der Waals surface area contributed by atoms with Crippen LogP contribution in [0.5, 0.6) is 0 Å². The number of benzene rings is 3. The number of para-hydroxylation sites is 2. The Hall–Kier alpha value is -3.39. The smallest absolute Gasteiger partial charge is 0.144 e. The van der Waals surface area contributed by atoms with Gasteiger partial charge in [-0.05, 0) is 65.1 Å². The summed E-state index contributed by atoms with van der Waals surface area (Å²) >= 11 is 0. The second kappa shape index (κ2) is 7.09. The largest absolute Gasteiger partial charge is 0.455 e. The maximum Gasteiger partial charge on any atom is 0.144 e. The van der Waals surface area contributed by atoms with E-state index in [9.17, 15) is 0 Å². The van der Waals surface area contributed by atoms with Crippen LogP contribution in [0.4, 0.5) is 0 Å². The lowest BCUT2D eigenvalue weighted by molar-refractivity contribution is 0.590. The Labute approximate surface area is 192 Å². The summed E-state index contributed by atoms with van der Waals surface area (Å²) in [7, 11) is 0. The Morgan fingerprint density at radius 2 is 1.58 bits per heavy atom. The van der Waals surface area contributed by atoms with Crippen LogP contribution in [0.15, 0.2) is 77.3 Å². The van der Waals surface area contributed by atoms with Crippen LogP contribution < -0.4 is 0 Å². The SMILES string of the molecule is [2H]C([2H])([2H])c1cnc(-c2cccc3c2oc2ccccc23)cc1-c1ccc(C(C)(C)C)cc1C([2H])([2H])[2H]. The number of rotatable bonds is 2. The van der Waals surface area contributed by atoms with E-state index >= 15 is 0 Å². The first-order chi connectivity index (χ1) is 17.2. The molecule has 5 rings (SSSR count). The highest BCUT2D eigenvalue weighted by molar-refractivity contribution is 6.09. The third-order valence-corrected chi connectivity index (χ3v) is 5.76. The van der Waals surface area contributed by atoms with Crippen molar-refractivity contribution in [3.8, 4) is 22.4 Å². The molecule has 0 aliphatic carbocycles. The van der Waals surface area contributed by atoms with Crippen LogP contribution in [-0.2, 0) is 5.41 Å². The van der Waals surface area contributed by atoms with Crippen LogP contribution in [0.1, 0.15) is 45.7 Å². The molecule has 31 heavy (non-hydrogen) atoms. The van der Waals surface area contributed by atoms with E-state index in [0.717, 1.165) is 21.9 Å². The van der Waals surface area contributed by atoms with Crippen molar-refractivity contribution in [1.82, 2.24) is 4.98 Å². The molecule has 0 saturated heterocycles. The summed E-state index contributed by atoms with van der Waals surface area (Å²) in [6.07, 6.45) is 1.33. The van der Waals surface area contributed by atoms with Crippen molar-refractivity contribution in [2.75, 3.05) is 0 Å². The summed E-state index contributed by atoms with van der Waals surface area (Å²) in [5, 5.41) is 1.90. The minimum atomic E-state index is -2.49. The van der Waals surface area contributed by atoms with Crippen molar-refractivity contribution in [2.24, 2.45) is 0 Å². The molecule has 5 aromatic rings. The highest BCUT2D eigenvalue weighted by atomic mass is 16.3. The molecule has 0 atom stereocenters. The second-order valence-electron chi connectivity index (χ2n) is 8.91. The van der Waals surface area contributed by atoms with Gasteiger partial charge in [0.25, 0.3) is 0 Å². The molecule has 0 aliphatic rings. The lowest BCUT2D eigenvalue weighted by atomic mass is 9.84. The molecule has 0 aliphatic heterocycles. The molecule has 3 aromatic carbocycles. The molecule has 0 N–H and O–H groups in total. The quantitative estimate of drug-likeness (QED) is 0.292. The molecule has 0 unspecified atom stereocenters. The van der Waals surface area contributed by atoms with Gasteiger partial charge in [0.1, 0.15) is 11.2 Å². The van der Waals surface area contributed by atoms with Gasteiger partial charge in [0, 0.05) is 30.8 Å². The van der Waals surface area contributed by atoms with Crippen molar-refractivity contribution >= 4 is 21.9 Å². The highest BCUT2D eigenvalue weighted by Gasteiger charge is 2.17. The lowest BCUT2D eigenvalue weighted by Gasteiger charge is -2.21. The first-order valence-corrected chi connectivity index (χ1v) is 10.3. The molecule has 0 fully saturated rings. The Bertz CT molecular complexity index is 1640. The van der Waals surface area contributed by atoms with Crippen LogP contribution in [-0.4, -0.2) is 4.98 Å². The fraction of sp³-hybridized carbons (Fsp3) is 0.207. The number of pyridine rings is 1. The number of nitrogens with zero attached hydrogens (tertiary/aromatic N) is 1. The summed E-state index contributed by atoms with van der Waals surface area (Å²) in [4.78, 5) is 4.51. The fourth-order valence-electron chi connectivity index (χ4n) is 4.02. The minimum absolute atomic E-state index is 0.00189. The Kier molecular flexibility index (Phi) is 3.16. The predicted molar refractivity (Wildman–Crippen MR) is 131 cm³/mol. The van der Waals surface area contributed by atoms with Crippen LogP contribution >= 0.6 is 0 Å². The molecular weight excluding hydrogens is 378 g/mol. The molecule has 2 heterocycles. The van der Waals surface area contributed by atoms with Crippen LogP contribution in [0.25, 0.3) is 44.3 Å². The van der Waals surface area contributed by atoms with Crippen molar-refractivity contribution < 1.29 is 12.6 Å². The zero-order chi connectivity index (χ0) is 26.8. The van der Waals surface area contributed by atoms with Gasteiger partial charge in [-0.2, -0.15) is 0 Å². The predicted octanol–water partition coefficient (Wildman–Crippen LogP) is 8.23. The number of aryl methyl sites for hydroxylation is 2. The topological polar surface area (TPSA) is 26.0 Å². The normalized spacial score (nSPS) is 15.7. The van der Waals surface area contributed by atoms with Crippen molar-refractivity contribution in [3.63, 3.8) is 0 Å². The standard InChI is InChI=1S/C29H27NO/c1-18-15-20(29(3,4)5)13-14-21(18)25-16-26(30-17-19(25)2)24-11-8-10-23-22-9-6-7-12-27(22)31-28(23)24/h6-17H,1-5H3/i1D3,2D3. The molecule has 0 bridgehead atoms. The van der Waals surface area contributed by atoms with Gasteiger partial charge in [0.15, 0.2) is 0 Å². The van der Waals surface area contributed by atoms with Crippen molar-refractivity contribution in [1.29, 1.82) is 0 Å². The molecule has 0 radical (unpaired) electrons. The third kappa shape index (κ3) is 3.33. The molecule has 0 spiro atoms. The van der Waals surface area contributed by atoms with Gasteiger partial charge in [0.05, 0.1) is 5.69 Å². The van der Waals surface area contributed by atoms with E-state index in [0.29, 0.717) is 28.0 Å². The summed E-state index contributed by atoms with van der Waals surface area (Å²) in [5.41, 5.74) is 3.98. The highest BCUT2D eigenvalue weighted by Crippen LogP contribution is 2.37. The van der Waals surface area contributed by atoms with E-state index in [4.69, 9.17) is 12.6 Å². The average molecular weight is 412 g/mol. The van der Waals surface area contributed by atoms with Gasteiger partial charge in [-0.15, -0.1) is 0 Å². The number of fused-ring (bicyclic) bond motifs is 3. The monoisotopic (exact) mass is 411 g/mol. The van der Waals surface area contributed by atoms with E-state index in [1.165, 1.54) is 6.20 Å². The zero-order valence-electron chi connectivity index (χ0n) is 23.8. The number of furan rings is 1. The maximum absolute atomic E-state index is 8.24. The van der Waals surface area contributed by atoms with E-state index in [-0.39, 0.29) is 16.5 Å². The van der Waals surface area contributed by atoms with Gasteiger partial charge < -0.3 is 4.42 Å². The first kappa shape index (κ1) is 13.8. The molecule has 154 valence electrons. The number of hydrogen-bond acceptors (Lipinski definition) is 2. The summed E-state index contributed by atoms with van der Waals surface area (Å²) < 4.78 is 55.3. The molecule has 0 saturated carbocycles. The van der Waals surface area contributed by atoms with Gasteiger partial charge in [0.2, 0.25) is 0 Å². The number of aromatic nitrogens is 1. The van der Waals surface area contributed by atoms with Gasteiger partial charge >= 0.3 is 0 Å². The van der Waals surface area contributed by atoms with Gasteiger partial charge in [-0.1, -0.05) is 69.3 Å². The zero-order valence-corrected chi connectivity index (χ0v) is 17.8. The molecule has 0 amide bonds. The summed E-state index contributed by atoms with van der Waals surface area (Å²) in [6.45, 7) is 1.11. The number of hydrogen-bond donors (Lipinski definition) is 0.